The van der Waals surface area contributed by atoms with E-state index in [-0.39, 0.29) is 16.5 Å². The number of halogens is 1. The molecule has 1 saturated heterocycles. The highest BCUT2D eigenvalue weighted by Crippen LogP contribution is 2.44. The van der Waals surface area contributed by atoms with Crippen LogP contribution in [0.25, 0.3) is 16.0 Å². The van der Waals surface area contributed by atoms with E-state index in [1.54, 1.807) is 36.4 Å². The number of carbonyl (C=O) groups is 2. The van der Waals surface area contributed by atoms with E-state index in [0.717, 1.165) is 16.9 Å². The molecule has 0 unspecified atom stereocenters. The molecule has 34 heavy (non-hydrogen) atoms. The molecule has 5 rings (SSSR count). The molecule has 1 amide bonds. The number of hydrogen-bond acceptors (Lipinski definition) is 6. The van der Waals surface area contributed by atoms with Crippen LogP contribution in [0.3, 0.4) is 0 Å². The minimum absolute atomic E-state index is 0.0486. The number of thiazole rings is 1. The topological polar surface area (TPSA) is 79.7 Å². The van der Waals surface area contributed by atoms with Crippen molar-refractivity contribution in [2.45, 2.75) is 13.0 Å². The maximum Gasteiger partial charge on any atom is 0.301 e. The molecule has 1 aromatic heterocycles. The van der Waals surface area contributed by atoms with Crippen LogP contribution in [0.15, 0.2) is 72.3 Å². The zero-order valence-corrected chi connectivity index (χ0v) is 19.1. The molecule has 1 fully saturated rings. The van der Waals surface area contributed by atoms with E-state index in [1.807, 2.05) is 19.1 Å². The van der Waals surface area contributed by atoms with E-state index < -0.39 is 23.5 Å². The van der Waals surface area contributed by atoms with Gasteiger partial charge in [0.25, 0.3) is 5.78 Å². The summed E-state index contributed by atoms with van der Waals surface area (Å²) in [6.07, 6.45) is 0. The number of benzene rings is 3. The molecule has 2 heterocycles. The quantitative estimate of drug-likeness (QED) is 0.244. The Balaban J connectivity index is 1.74. The second-order valence-corrected chi connectivity index (χ2v) is 8.93. The minimum Gasteiger partial charge on any atom is -0.507 e. The van der Waals surface area contributed by atoms with Gasteiger partial charge in [-0.3, -0.25) is 14.5 Å². The number of amides is 1. The van der Waals surface area contributed by atoms with Crippen molar-refractivity contribution in [1.29, 1.82) is 0 Å². The maximum atomic E-state index is 13.8. The number of nitrogens with zero attached hydrogens (tertiary/aromatic N) is 2. The molecule has 1 N–H and O–H groups in total. The van der Waals surface area contributed by atoms with Crippen LogP contribution >= 0.6 is 11.3 Å². The third-order valence-corrected chi connectivity index (χ3v) is 6.74. The molecule has 1 aliphatic rings. The molecule has 1 aliphatic heterocycles. The molecule has 0 saturated carbocycles. The summed E-state index contributed by atoms with van der Waals surface area (Å²) >= 11 is 1.10. The monoisotopic (exact) mass is 474 g/mol. The van der Waals surface area contributed by atoms with E-state index in [9.17, 15) is 19.1 Å². The lowest BCUT2D eigenvalue weighted by Gasteiger charge is -2.23. The van der Waals surface area contributed by atoms with Crippen LogP contribution in [0.1, 0.15) is 22.7 Å². The van der Waals surface area contributed by atoms with Crippen molar-refractivity contribution in [1.82, 2.24) is 4.98 Å². The van der Waals surface area contributed by atoms with Gasteiger partial charge in [0.1, 0.15) is 17.3 Å². The number of carbonyl (C=O) groups excluding carboxylic acids is 2. The molecule has 4 aromatic rings. The number of ketones is 1. The highest BCUT2D eigenvalue weighted by Gasteiger charge is 2.48. The van der Waals surface area contributed by atoms with Gasteiger partial charge in [-0.2, -0.15) is 0 Å². The van der Waals surface area contributed by atoms with Crippen LogP contribution in [0.4, 0.5) is 9.52 Å². The smallest absolute Gasteiger partial charge is 0.301 e. The standard InChI is InChI=1S/C26H19FN2O4S/c1-14-6-8-15(9-7-14)23(30)21-22(16-4-3-5-18(12-16)33-2)29(25(32)24(21)31)26-28-19-11-10-17(27)13-20(19)34-26/h3-13,22,30H,1-2H3/b23-21+/t22-/m0/s1. The van der Waals surface area contributed by atoms with Crippen molar-refractivity contribution in [2.75, 3.05) is 12.0 Å². The molecule has 0 bridgehead atoms. The lowest BCUT2D eigenvalue weighted by atomic mass is 9.95. The lowest BCUT2D eigenvalue weighted by molar-refractivity contribution is -0.132. The number of aliphatic hydroxyl groups is 1. The Morgan fingerprint density at radius 1 is 1.09 bits per heavy atom. The highest BCUT2D eigenvalue weighted by molar-refractivity contribution is 7.22. The Kier molecular flexibility index (Phi) is 5.37. The predicted octanol–water partition coefficient (Wildman–Crippen LogP) is 5.38. The van der Waals surface area contributed by atoms with Crippen LogP contribution < -0.4 is 9.64 Å². The van der Waals surface area contributed by atoms with Crippen molar-refractivity contribution in [3.05, 3.63) is 94.8 Å². The second kappa shape index (κ2) is 8.39. The summed E-state index contributed by atoms with van der Waals surface area (Å²) in [5, 5.41) is 11.4. The molecule has 6 nitrogen and oxygen atoms in total. The lowest BCUT2D eigenvalue weighted by Crippen LogP contribution is -2.29. The molecule has 170 valence electrons. The van der Waals surface area contributed by atoms with Crippen LogP contribution in [0.5, 0.6) is 5.75 Å². The summed E-state index contributed by atoms with van der Waals surface area (Å²) < 4.78 is 19.6. The zero-order valence-electron chi connectivity index (χ0n) is 18.3. The van der Waals surface area contributed by atoms with E-state index in [1.165, 1.54) is 30.2 Å². The number of aromatic nitrogens is 1. The Hall–Kier alpha value is -4.04. The second-order valence-electron chi connectivity index (χ2n) is 7.92. The van der Waals surface area contributed by atoms with E-state index in [2.05, 4.69) is 4.98 Å². The Bertz CT molecular complexity index is 1480. The van der Waals surface area contributed by atoms with Crippen LogP contribution in [-0.4, -0.2) is 28.9 Å². The molecule has 0 spiro atoms. The Morgan fingerprint density at radius 3 is 2.59 bits per heavy atom. The summed E-state index contributed by atoms with van der Waals surface area (Å²) in [4.78, 5) is 32.3. The predicted molar refractivity (Wildman–Crippen MR) is 129 cm³/mol. The van der Waals surface area contributed by atoms with Gasteiger partial charge in [0.2, 0.25) is 0 Å². The Morgan fingerprint density at radius 2 is 1.85 bits per heavy atom. The summed E-state index contributed by atoms with van der Waals surface area (Å²) in [5.41, 5.74) is 2.43. The van der Waals surface area contributed by atoms with Gasteiger partial charge in [-0.05, 0) is 42.8 Å². The summed E-state index contributed by atoms with van der Waals surface area (Å²) in [7, 11) is 1.52. The molecule has 8 heteroatoms. The normalized spacial score (nSPS) is 17.5. The molecule has 3 aromatic carbocycles. The van der Waals surface area contributed by atoms with Gasteiger partial charge in [-0.25, -0.2) is 9.37 Å². The number of fused-ring (bicyclic) bond motifs is 1. The first kappa shape index (κ1) is 21.8. The number of aliphatic hydroxyl groups excluding tert-OH is 1. The fraction of sp³-hybridized carbons (Fsp3) is 0.115. The number of hydrogen-bond donors (Lipinski definition) is 1. The fourth-order valence-corrected chi connectivity index (χ4v) is 5.03. The number of ether oxygens (including phenoxy) is 1. The minimum atomic E-state index is -0.943. The fourth-order valence-electron chi connectivity index (χ4n) is 4.01. The van der Waals surface area contributed by atoms with E-state index in [4.69, 9.17) is 4.74 Å². The third-order valence-electron chi connectivity index (χ3n) is 5.72. The van der Waals surface area contributed by atoms with Crippen molar-refractivity contribution >= 4 is 44.1 Å². The van der Waals surface area contributed by atoms with Gasteiger partial charge in [0.05, 0.1) is 28.9 Å². The molecule has 0 radical (unpaired) electrons. The SMILES string of the molecule is COc1cccc([C@H]2/C(=C(\O)c3ccc(C)cc3)C(=O)C(=O)N2c2nc3ccc(F)cc3s2)c1. The van der Waals surface area contributed by atoms with Crippen molar-refractivity contribution < 1.29 is 23.8 Å². The molecule has 1 atom stereocenters. The number of Topliss-reactive ketones (excluding diaryl/α,β-unsaturated/α-hetero) is 1. The van der Waals surface area contributed by atoms with Gasteiger partial charge < -0.3 is 9.84 Å². The number of aryl methyl sites for hydroxylation is 1. The van der Waals surface area contributed by atoms with E-state index >= 15 is 0 Å². The maximum absolute atomic E-state index is 13.8. The number of methoxy groups -OCH3 is 1. The van der Waals surface area contributed by atoms with E-state index in [0.29, 0.717) is 27.1 Å². The van der Waals surface area contributed by atoms with Crippen molar-refractivity contribution in [3.63, 3.8) is 0 Å². The number of rotatable bonds is 4. The first-order valence-electron chi connectivity index (χ1n) is 10.5. The summed E-state index contributed by atoms with van der Waals surface area (Å²) in [6, 6.07) is 17.2. The van der Waals surface area contributed by atoms with Crippen molar-refractivity contribution in [2.24, 2.45) is 0 Å². The van der Waals surface area contributed by atoms with Gasteiger partial charge >= 0.3 is 5.91 Å². The largest absolute Gasteiger partial charge is 0.507 e. The first-order chi connectivity index (χ1) is 16.4. The number of anilines is 1. The Labute approximate surface area is 198 Å². The van der Waals surface area contributed by atoms with Crippen molar-refractivity contribution in [3.8, 4) is 5.75 Å². The van der Waals surface area contributed by atoms with Crippen LogP contribution in [-0.2, 0) is 9.59 Å². The third kappa shape index (κ3) is 3.62. The molecular weight excluding hydrogens is 455 g/mol. The first-order valence-corrected chi connectivity index (χ1v) is 11.3. The summed E-state index contributed by atoms with van der Waals surface area (Å²) in [6.45, 7) is 1.91. The average Bonchev–Trinajstić information content (AvgIpc) is 3.37. The highest BCUT2D eigenvalue weighted by atomic mass is 32.1. The molecule has 0 aliphatic carbocycles. The van der Waals surface area contributed by atoms with Crippen LogP contribution in [0, 0.1) is 12.7 Å². The van der Waals surface area contributed by atoms with Gasteiger partial charge in [-0.15, -0.1) is 0 Å². The zero-order chi connectivity index (χ0) is 24.0. The van der Waals surface area contributed by atoms with Crippen LogP contribution in [0.2, 0.25) is 0 Å². The molecular formula is C26H19FN2O4S. The summed E-state index contributed by atoms with van der Waals surface area (Å²) in [5.74, 6) is -1.81. The van der Waals surface area contributed by atoms with Gasteiger partial charge in [-0.1, -0.05) is 53.3 Å². The van der Waals surface area contributed by atoms with Gasteiger partial charge in [0.15, 0.2) is 5.13 Å². The average molecular weight is 475 g/mol. The van der Waals surface area contributed by atoms with Gasteiger partial charge in [0, 0.05) is 5.56 Å².